The van der Waals surface area contributed by atoms with Gasteiger partial charge < -0.3 is 4.42 Å². The zero-order chi connectivity index (χ0) is 37.0. The predicted octanol–water partition coefficient (Wildman–Crippen LogP) is 13.8. The summed E-state index contributed by atoms with van der Waals surface area (Å²) in [6.07, 6.45) is 15.0. The Morgan fingerprint density at radius 1 is 0.571 bits per heavy atom. The predicted molar refractivity (Wildman–Crippen MR) is 232 cm³/mol. The summed E-state index contributed by atoms with van der Waals surface area (Å²) in [6.45, 7) is 0. The molecule has 0 radical (unpaired) electrons. The lowest BCUT2D eigenvalue weighted by molar-refractivity contribution is 0.670. The third-order valence-corrected chi connectivity index (χ3v) is 12.6. The molecule has 3 heterocycles. The Morgan fingerprint density at radius 2 is 1.29 bits per heavy atom. The van der Waals surface area contributed by atoms with E-state index >= 15 is 0 Å². The third kappa shape index (κ3) is 5.54. The minimum Gasteiger partial charge on any atom is -0.455 e. The second-order valence-electron chi connectivity index (χ2n) is 14.6. The molecule has 2 unspecified atom stereocenters. The number of hydrogen-bond acceptors (Lipinski definition) is 5. The molecule has 2 aliphatic rings. The van der Waals surface area contributed by atoms with Gasteiger partial charge in [0.2, 0.25) is 0 Å². The average molecular weight is 738 g/mol. The molecule has 9 aromatic rings. The molecular formula is C51H35N3OS. The van der Waals surface area contributed by atoms with Crippen LogP contribution >= 0.6 is 11.3 Å². The van der Waals surface area contributed by atoms with E-state index in [9.17, 15) is 0 Å². The van der Waals surface area contributed by atoms with E-state index in [1.807, 2.05) is 29.5 Å². The Kier molecular flexibility index (Phi) is 7.92. The summed E-state index contributed by atoms with van der Waals surface area (Å²) < 4.78 is 8.15. The highest BCUT2D eigenvalue weighted by molar-refractivity contribution is 7.20. The molecule has 2 aliphatic carbocycles. The van der Waals surface area contributed by atoms with E-state index in [0.717, 1.165) is 68.4 Å². The summed E-state index contributed by atoms with van der Waals surface area (Å²) in [7, 11) is 0. The Balaban J connectivity index is 1.04. The molecule has 0 fully saturated rings. The summed E-state index contributed by atoms with van der Waals surface area (Å²) in [5, 5.41) is 3.51. The van der Waals surface area contributed by atoms with E-state index in [1.165, 1.54) is 31.7 Å². The minimum absolute atomic E-state index is 0.0971. The molecule has 6 aromatic carbocycles. The van der Waals surface area contributed by atoms with Crippen molar-refractivity contribution >= 4 is 49.4 Å². The van der Waals surface area contributed by atoms with Crippen molar-refractivity contribution in [1.29, 1.82) is 0 Å². The second kappa shape index (κ2) is 13.6. The number of benzene rings is 6. The number of fused-ring (bicyclic) bond motifs is 6. The number of hydrogen-bond donors (Lipinski definition) is 0. The SMILES string of the molecule is C1=CCC(c2nc(-c3ccccc3)nc(-c3cccc(-c4cccc5oc6c(-c7cccc8c9c(sc78)C(c7ccccc7)CC=C9)cccc6c45)c3)n2)C=C1. The highest BCUT2D eigenvalue weighted by Crippen LogP contribution is 2.49. The first kappa shape index (κ1) is 32.7. The Bertz CT molecular complexity index is 3040. The molecule has 0 aliphatic heterocycles. The number of rotatable bonds is 6. The number of nitrogens with zero attached hydrogens (tertiary/aromatic N) is 3. The van der Waals surface area contributed by atoms with Crippen molar-refractivity contribution in [2.75, 3.05) is 0 Å². The molecule has 266 valence electrons. The maximum atomic E-state index is 6.85. The maximum Gasteiger partial charge on any atom is 0.163 e. The van der Waals surface area contributed by atoms with Crippen molar-refractivity contribution in [3.05, 3.63) is 192 Å². The molecule has 0 spiro atoms. The second-order valence-corrected chi connectivity index (χ2v) is 15.6. The lowest BCUT2D eigenvalue weighted by Gasteiger charge is -2.18. The Hall–Kier alpha value is -6.69. The summed E-state index contributed by atoms with van der Waals surface area (Å²) >= 11 is 1.93. The molecule has 4 nitrogen and oxygen atoms in total. The molecule has 11 rings (SSSR count). The van der Waals surface area contributed by atoms with Crippen molar-refractivity contribution in [2.24, 2.45) is 0 Å². The number of para-hydroxylation sites is 1. The minimum atomic E-state index is 0.0971. The fourth-order valence-corrected chi connectivity index (χ4v) is 9.96. The number of aromatic nitrogens is 3. The van der Waals surface area contributed by atoms with Gasteiger partial charge in [-0.25, -0.2) is 15.0 Å². The molecule has 3 aromatic heterocycles. The molecule has 56 heavy (non-hydrogen) atoms. The van der Waals surface area contributed by atoms with Crippen LogP contribution in [-0.4, -0.2) is 15.0 Å². The standard InChI is InChI=1S/C51H35N3OS/c1-4-15-32(16-5-1)38-24-11-27-41-42-28-13-26-40(48(42)56-47(38)41)39-25-12-29-43-45-37(23-14-30-44(45)55-46(39)43)35-21-10-22-36(31-35)51-53-49(33-17-6-2-7-18-33)52-50(54-51)34-19-8-3-9-20-34/h1-19,21-23,25-31,34,38H,20,24H2. The number of allylic oxidation sites excluding steroid dienone is 5. The first-order valence-electron chi connectivity index (χ1n) is 19.2. The van der Waals surface area contributed by atoms with Crippen molar-refractivity contribution in [3.63, 3.8) is 0 Å². The molecule has 0 saturated heterocycles. The van der Waals surface area contributed by atoms with Gasteiger partial charge in [-0.05, 0) is 47.2 Å². The van der Waals surface area contributed by atoms with Crippen molar-refractivity contribution in [2.45, 2.75) is 24.7 Å². The smallest absolute Gasteiger partial charge is 0.163 e. The van der Waals surface area contributed by atoms with Gasteiger partial charge in [-0.15, -0.1) is 11.3 Å². The van der Waals surface area contributed by atoms with Crippen LogP contribution in [0.25, 0.3) is 83.1 Å². The van der Waals surface area contributed by atoms with Crippen LogP contribution in [0.1, 0.15) is 46.5 Å². The normalized spacial score (nSPS) is 16.2. The zero-order valence-corrected chi connectivity index (χ0v) is 31.3. The number of thiophene rings is 1. The first-order valence-corrected chi connectivity index (χ1v) is 20.1. The summed E-state index contributed by atoms with van der Waals surface area (Å²) in [4.78, 5) is 16.5. The van der Waals surface area contributed by atoms with E-state index in [0.29, 0.717) is 17.6 Å². The highest BCUT2D eigenvalue weighted by Gasteiger charge is 2.26. The highest BCUT2D eigenvalue weighted by atomic mass is 32.1. The van der Waals surface area contributed by atoms with Gasteiger partial charge in [0.1, 0.15) is 17.0 Å². The van der Waals surface area contributed by atoms with Crippen LogP contribution in [0.5, 0.6) is 0 Å². The lowest BCUT2D eigenvalue weighted by atomic mass is 9.87. The zero-order valence-electron chi connectivity index (χ0n) is 30.5. The summed E-state index contributed by atoms with van der Waals surface area (Å²) in [5.41, 5.74) is 10.9. The van der Waals surface area contributed by atoms with Gasteiger partial charge in [0.15, 0.2) is 11.6 Å². The molecule has 0 N–H and O–H groups in total. The van der Waals surface area contributed by atoms with Gasteiger partial charge in [0.05, 0.1) is 0 Å². The van der Waals surface area contributed by atoms with Gasteiger partial charge in [-0.1, -0.05) is 164 Å². The van der Waals surface area contributed by atoms with Crippen LogP contribution < -0.4 is 0 Å². The Morgan fingerprint density at radius 3 is 2.12 bits per heavy atom. The Labute approximate surface area is 328 Å². The monoisotopic (exact) mass is 737 g/mol. The van der Waals surface area contributed by atoms with Crippen molar-refractivity contribution in [1.82, 2.24) is 15.0 Å². The molecule has 0 saturated carbocycles. The van der Waals surface area contributed by atoms with Crippen LogP contribution in [-0.2, 0) is 0 Å². The number of furan rings is 1. The van der Waals surface area contributed by atoms with E-state index < -0.39 is 0 Å². The molecular weight excluding hydrogens is 703 g/mol. The van der Waals surface area contributed by atoms with Crippen molar-refractivity contribution < 1.29 is 4.42 Å². The fourth-order valence-electron chi connectivity index (χ4n) is 8.50. The van der Waals surface area contributed by atoms with Gasteiger partial charge >= 0.3 is 0 Å². The van der Waals surface area contributed by atoms with Crippen molar-refractivity contribution in [3.8, 4) is 45.0 Å². The topological polar surface area (TPSA) is 51.8 Å². The average Bonchev–Trinajstić information content (AvgIpc) is 3.86. The van der Waals surface area contributed by atoms with Crippen LogP contribution in [0, 0.1) is 0 Å². The van der Waals surface area contributed by atoms with E-state index in [4.69, 9.17) is 19.4 Å². The van der Waals surface area contributed by atoms with Gasteiger partial charge in [0.25, 0.3) is 0 Å². The van der Waals surface area contributed by atoms with Gasteiger partial charge in [-0.3, -0.25) is 0 Å². The van der Waals surface area contributed by atoms with Crippen LogP contribution in [0.3, 0.4) is 0 Å². The van der Waals surface area contributed by atoms with E-state index in [-0.39, 0.29) is 5.92 Å². The van der Waals surface area contributed by atoms with Crippen LogP contribution in [0.2, 0.25) is 0 Å². The van der Waals surface area contributed by atoms with Gasteiger partial charge in [0, 0.05) is 59.8 Å². The molecule has 5 heteroatoms. The molecule has 2 atom stereocenters. The molecule has 0 amide bonds. The van der Waals surface area contributed by atoms with Gasteiger partial charge in [-0.2, -0.15) is 0 Å². The van der Waals surface area contributed by atoms with E-state index in [1.54, 1.807) is 0 Å². The fraction of sp³-hybridized carbons (Fsp3) is 0.0784. The first-order chi connectivity index (χ1) is 27.8. The largest absolute Gasteiger partial charge is 0.455 e. The molecule has 0 bridgehead atoms. The summed E-state index contributed by atoms with van der Waals surface area (Å²) in [6, 6.07) is 49.3. The quantitative estimate of drug-likeness (QED) is 0.170. The lowest BCUT2D eigenvalue weighted by Crippen LogP contribution is -2.07. The third-order valence-electron chi connectivity index (χ3n) is 11.2. The maximum absolute atomic E-state index is 6.85. The van der Waals surface area contributed by atoms with Crippen LogP contribution in [0.4, 0.5) is 0 Å². The van der Waals surface area contributed by atoms with Crippen LogP contribution in [0.15, 0.2) is 174 Å². The summed E-state index contributed by atoms with van der Waals surface area (Å²) in [5.74, 6) is 2.59. The van der Waals surface area contributed by atoms with E-state index in [2.05, 4.69) is 158 Å².